The van der Waals surface area contributed by atoms with Gasteiger partial charge in [-0.3, -0.25) is 4.79 Å². The van der Waals surface area contributed by atoms with Crippen LogP contribution >= 0.6 is 0 Å². The molecule has 0 saturated heterocycles. The largest absolute Gasteiger partial charge is 0.410 e. The first-order valence-electron chi connectivity index (χ1n) is 2.50. The summed E-state index contributed by atoms with van der Waals surface area (Å²) in [6.45, 7) is 1.45. The van der Waals surface area contributed by atoms with Crippen LogP contribution in [-0.2, 0) is 4.79 Å². The van der Waals surface area contributed by atoms with E-state index in [4.69, 9.17) is 5.21 Å². The van der Waals surface area contributed by atoms with Crippen molar-refractivity contribution in [2.24, 2.45) is 5.16 Å². The Morgan fingerprint density at radius 1 is 1.56 bits per heavy atom. The molecule has 9 heavy (non-hydrogen) atoms. The van der Waals surface area contributed by atoms with Gasteiger partial charge < -0.3 is 10.1 Å². The number of carbonyl (C=O) groups excluding carboxylic acids is 1. The predicted octanol–water partition coefficient (Wildman–Crippen LogP) is -0.0753. The summed E-state index contributed by atoms with van der Waals surface area (Å²) in [5.41, 5.74) is 0.0972. The predicted molar refractivity (Wildman–Crippen MR) is 33.6 cm³/mol. The van der Waals surface area contributed by atoms with Gasteiger partial charge in [-0.25, -0.2) is 0 Å². The van der Waals surface area contributed by atoms with Crippen molar-refractivity contribution < 1.29 is 10.0 Å². The molecule has 0 aliphatic rings. The highest BCUT2D eigenvalue weighted by Crippen LogP contribution is 1.81. The average molecular weight is 130 g/mol. The van der Waals surface area contributed by atoms with Crippen molar-refractivity contribution in [2.75, 3.05) is 14.1 Å². The molecule has 0 aromatic heterocycles. The van der Waals surface area contributed by atoms with Gasteiger partial charge in [0.1, 0.15) is 5.71 Å². The van der Waals surface area contributed by atoms with Gasteiger partial charge >= 0.3 is 0 Å². The summed E-state index contributed by atoms with van der Waals surface area (Å²) in [4.78, 5) is 12.1. The first-order valence-corrected chi connectivity index (χ1v) is 2.50. The zero-order valence-electron chi connectivity index (χ0n) is 5.75. The molecule has 1 amide bonds. The van der Waals surface area contributed by atoms with E-state index in [1.807, 2.05) is 0 Å². The van der Waals surface area contributed by atoms with E-state index in [2.05, 4.69) is 5.16 Å². The number of hydrogen-bond donors (Lipinski definition) is 1. The van der Waals surface area contributed by atoms with Crippen LogP contribution in [-0.4, -0.2) is 35.8 Å². The first kappa shape index (κ1) is 7.94. The van der Waals surface area contributed by atoms with Gasteiger partial charge in [0.15, 0.2) is 0 Å². The minimum Gasteiger partial charge on any atom is -0.410 e. The van der Waals surface area contributed by atoms with Gasteiger partial charge in [-0.15, -0.1) is 0 Å². The van der Waals surface area contributed by atoms with Crippen LogP contribution in [0.5, 0.6) is 0 Å². The highest BCUT2D eigenvalue weighted by molar-refractivity contribution is 6.37. The van der Waals surface area contributed by atoms with Crippen molar-refractivity contribution in [2.45, 2.75) is 6.92 Å². The van der Waals surface area contributed by atoms with Crippen molar-refractivity contribution in [3.05, 3.63) is 0 Å². The van der Waals surface area contributed by atoms with Crippen LogP contribution in [0.3, 0.4) is 0 Å². The molecule has 4 heteroatoms. The Bertz CT molecular complexity index is 140. The molecule has 0 spiro atoms. The van der Waals surface area contributed by atoms with E-state index in [0.29, 0.717) is 0 Å². The van der Waals surface area contributed by atoms with Crippen LogP contribution in [0.2, 0.25) is 0 Å². The SMILES string of the molecule is CC(=NO)C(=O)N(C)C. The van der Waals surface area contributed by atoms with Crippen LogP contribution in [0.4, 0.5) is 0 Å². The lowest BCUT2D eigenvalue weighted by atomic mass is 10.4. The summed E-state index contributed by atoms with van der Waals surface area (Å²) in [6, 6.07) is 0. The molecule has 0 unspecified atom stereocenters. The third-order valence-corrected chi connectivity index (χ3v) is 0.866. The molecule has 0 bridgehead atoms. The average Bonchev–Trinajstić information content (AvgIpc) is 1.84. The maximum Gasteiger partial charge on any atom is 0.270 e. The van der Waals surface area contributed by atoms with Crippen molar-refractivity contribution in [1.29, 1.82) is 0 Å². The molecule has 52 valence electrons. The Balaban J connectivity index is 4.06. The van der Waals surface area contributed by atoms with Crippen molar-refractivity contribution in [3.8, 4) is 0 Å². The van der Waals surface area contributed by atoms with Crippen molar-refractivity contribution in [3.63, 3.8) is 0 Å². The van der Waals surface area contributed by atoms with Crippen LogP contribution in [0.15, 0.2) is 5.16 Å². The number of amides is 1. The zero-order valence-corrected chi connectivity index (χ0v) is 5.75. The molecule has 0 aliphatic carbocycles. The lowest BCUT2D eigenvalue weighted by molar-refractivity contribution is -0.121. The fraction of sp³-hybridized carbons (Fsp3) is 0.600. The molecule has 0 saturated carbocycles. The molecule has 0 radical (unpaired) electrons. The molecule has 0 aromatic carbocycles. The highest BCUT2D eigenvalue weighted by atomic mass is 16.4. The molecule has 0 aromatic rings. The van der Waals surface area contributed by atoms with Gasteiger partial charge in [0.05, 0.1) is 0 Å². The van der Waals surface area contributed by atoms with E-state index in [1.165, 1.54) is 11.8 Å². The van der Waals surface area contributed by atoms with Gasteiger partial charge in [0.2, 0.25) is 0 Å². The molecule has 0 heterocycles. The van der Waals surface area contributed by atoms with Gasteiger partial charge in [-0.1, -0.05) is 5.16 Å². The second-order valence-electron chi connectivity index (χ2n) is 1.88. The Morgan fingerprint density at radius 3 is 2.11 bits per heavy atom. The number of rotatable bonds is 1. The summed E-state index contributed by atoms with van der Waals surface area (Å²) < 4.78 is 0. The van der Waals surface area contributed by atoms with Crippen LogP contribution in [0, 0.1) is 0 Å². The molecule has 0 aliphatic heterocycles. The second-order valence-corrected chi connectivity index (χ2v) is 1.88. The second kappa shape index (κ2) is 3.06. The molecular formula is C5H10N2O2. The number of nitrogens with zero attached hydrogens (tertiary/aromatic N) is 2. The minimum atomic E-state index is -0.280. The number of hydrogen-bond acceptors (Lipinski definition) is 3. The maximum absolute atomic E-state index is 10.7. The van der Waals surface area contributed by atoms with Crippen molar-refractivity contribution in [1.82, 2.24) is 4.90 Å². The molecule has 4 nitrogen and oxygen atoms in total. The third-order valence-electron chi connectivity index (χ3n) is 0.866. The normalized spacial score (nSPS) is 11.2. The lowest BCUT2D eigenvalue weighted by Crippen LogP contribution is -2.27. The third kappa shape index (κ3) is 2.12. The fourth-order valence-corrected chi connectivity index (χ4v) is 0.366. The Morgan fingerprint density at radius 2 is 2.00 bits per heavy atom. The quantitative estimate of drug-likeness (QED) is 0.307. The molecule has 0 rings (SSSR count). The summed E-state index contributed by atoms with van der Waals surface area (Å²) in [5.74, 6) is -0.280. The van der Waals surface area contributed by atoms with E-state index in [0.717, 1.165) is 0 Å². The van der Waals surface area contributed by atoms with Gasteiger partial charge in [-0.2, -0.15) is 0 Å². The summed E-state index contributed by atoms with van der Waals surface area (Å²) in [7, 11) is 3.19. The van der Waals surface area contributed by atoms with Crippen LogP contribution in [0.25, 0.3) is 0 Å². The first-order chi connectivity index (χ1) is 4.09. The topological polar surface area (TPSA) is 52.9 Å². The Kier molecular flexibility index (Phi) is 2.70. The van der Waals surface area contributed by atoms with Crippen molar-refractivity contribution >= 4 is 11.6 Å². The smallest absolute Gasteiger partial charge is 0.270 e. The highest BCUT2D eigenvalue weighted by Gasteiger charge is 2.06. The molecule has 1 N–H and O–H groups in total. The van der Waals surface area contributed by atoms with Crippen LogP contribution < -0.4 is 0 Å². The Hall–Kier alpha value is -1.06. The van der Waals surface area contributed by atoms with E-state index >= 15 is 0 Å². The van der Waals surface area contributed by atoms with Gasteiger partial charge in [0, 0.05) is 14.1 Å². The Labute approximate surface area is 53.8 Å². The number of carbonyl (C=O) groups is 1. The van der Waals surface area contributed by atoms with E-state index in [1.54, 1.807) is 14.1 Å². The van der Waals surface area contributed by atoms with E-state index in [9.17, 15) is 4.79 Å². The molecular weight excluding hydrogens is 120 g/mol. The van der Waals surface area contributed by atoms with Crippen LogP contribution in [0.1, 0.15) is 6.92 Å². The van der Waals surface area contributed by atoms with Gasteiger partial charge in [-0.05, 0) is 6.92 Å². The van der Waals surface area contributed by atoms with E-state index < -0.39 is 0 Å². The monoisotopic (exact) mass is 130 g/mol. The maximum atomic E-state index is 10.7. The van der Waals surface area contributed by atoms with E-state index in [-0.39, 0.29) is 11.6 Å². The zero-order chi connectivity index (χ0) is 7.44. The standard InChI is InChI=1S/C5H10N2O2/c1-4(6-9)5(8)7(2)3/h9H,1-3H3. The fourth-order valence-electron chi connectivity index (χ4n) is 0.366. The summed E-state index contributed by atoms with van der Waals surface area (Å²) in [6.07, 6.45) is 0. The summed E-state index contributed by atoms with van der Waals surface area (Å²) in [5, 5.41) is 10.8. The summed E-state index contributed by atoms with van der Waals surface area (Å²) >= 11 is 0. The number of oxime groups is 1. The lowest BCUT2D eigenvalue weighted by Gasteiger charge is -2.06. The molecule has 0 fully saturated rings. The minimum absolute atomic E-state index is 0.0972. The van der Waals surface area contributed by atoms with Gasteiger partial charge in [0.25, 0.3) is 5.91 Å². The molecule has 0 atom stereocenters.